The van der Waals surface area contributed by atoms with Crippen LogP contribution in [0, 0.1) is 5.92 Å². The maximum absolute atomic E-state index is 4.55. The van der Waals surface area contributed by atoms with Gasteiger partial charge in [-0.3, -0.25) is 9.89 Å². The minimum atomic E-state index is 0. The van der Waals surface area contributed by atoms with Crippen LogP contribution in [0.5, 0.6) is 0 Å². The zero-order valence-electron chi connectivity index (χ0n) is 14.2. The summed E-state index contributed by atoms with van der Waals surface area (Å²) in [5.41, 5.74) is 1.41. The summed E-state index contributed by atoms with van der Waals surface area (Å²) < 4.78 is 0. The van der Waals surface area contributed by atoms with Crippen LogP contribution < -0.4 is 5.32 Å². The number of nitrogens with one attached hydrogen (secondary N) is 1. The van der Waals surface area contributed by atoms with Crippen LogP contribution in [0.1, 0.15) is 31.4 Å². The van der Waals surface area contributed by atoms with Gasteiger partial charge in [-0.1, -0.05) is 37.3 Å². The molecule has 1 unspecified atom stereocenters. The van der Waals surface area contributed by atoms with Crippen molar-refractivity contribution in [1.29, 1.82) is 0 Å². The molecule has 1 aromatic rings. The van der Waals surface area contributed by atoms with E-state index in [9.17, 15) is 0 Å². The predicted octanol–water partition coefficient (Wildman–Crippen LogP) is 2.97. The van der Waals surface area contributed by atoms with Gasteiger partial charge < -0.3 is 10.2 Å². The molecule has 128 valence electrons. The molecule has 1 atom stereocenters. The average Bonchev–Trinajstić information content (AvgIpc) is 2.96. The molecule has 1 fully saturated rings. The fourth-order valence-corrected chi connectivity index (χ4v) is 3.38. The van der Waals surface area contributed by atoms with E-state index in [1.807, 2.05) is 0 Å². The van der Waals surface area contributed by atoms with Gasteiger partial charge in [0.25, 0.3) is 0 Å². The van der Waals surface area contributed by atoms with Crippen LogP contribution in [0.15, 0.2) is 35.3 Å². The molecule has 5 heteroatoms. The Balaban J connectivity index is 0.00000192. The topological polar surface area (TPSA) is 30.9 Å². The van der Waals surface area contributed by atoms with Crippen molar-refractivity contribution in [2.45, 2.75) is 25.8 Å². The van der Waals surface area contributed by atoms with Gasteiger partial charge in [0, 0.05) is 20.1 Å². The summed E-state index contributed by atoms with van der Waals surface area (Å²) in [5.74, 6) is 1.91. The number of piperidine rings is 1. The first-order chi connectivity index (χ1) is 10.7. The summed E-state index contributed by atoms with van der Waals surface area (Å²) in [5, 5.41) is 3.57. The highest BCUT2D eigenvalue weighted by molar-refractivity contribution is 14.0. The second-order valence-corrected chi connectivity index (χ2v) is 6.65. The standard InChI is InChI=1S/C18H28N4.HI/c1-15-8-11-22(12-9-15)17(16-6-4-3-5-7-16)14-20-18-19-10-13-21(18)2;/h3-7,15,17H,8-14H2,1-2H3,(H,19,20);1H. The molecule has 2 heterocycles. The van der Waals surface area contributed by atoms with E-state index in [1.54, 1.807) is 0 Å². The van der Waals surface area contributed by atoms with Crippen molar-refractivity contribution >= 4 is 29.9 Å². The Morgan fingerprint density at radius 2 is 1.87 bits per heavy atom. The molecular formula is C18H29IN4. The summed E-state index contributed by atoms with van der Waals surface area (Å²) in [6.07, 6.45) is 2.62. The van der Waals surface area contributed by atoms with Gasteiger partial charge in [0.15, 0.2) is 5.96 Å². The molecule has 0 aromatic heterocycles. The molecule has 1 saturated heterocycles. The van der Waals surface area contributed by atoms with Crippen molar-refractivity contribution < 1.29 is 0 Å². The number of benzene rings is 1. The number of aliphatic imine (C=N–C) groups is 1. The highest BCUT2D eigenvalue weighted by Gasteiger charge is 2.25. The van der Waals surface area contributed by atoms with Crippen molar-refractivity contribution in [3.63, 3.8) is 0 Å². The maximum Gasteiger partial charge on any atom is 0.193 e. The lowest BCUT2D eigenvalue weighted by molar-refractivity contribution is 0.138. The SMILES string of the molecule is CC1CCN(C(CNC2=NCCN2C)c2ccccc2)CC1.I. The monoisotopic (exact) mass is 428 g/mol. The van der Waals surface area contributed by atoms with E-state index in [4.69, 9.17) is 0 Å². The van der Waals surface area contributed by atoms with E-state index in [2.05, 4.69) is 64.4 Å². The Hall–Kier alpha value is -0.820. The number of likely N-dealkylation sites (tertiary alicyclic amines) is 1. The van der Waals surface area contributed by atoms with Gasteiger partial charge in [0.2, 0.25) is 0 Å². The van der Waals surface area contributed by atoms with Crippen LogP contribution in [-0.4, -0.2) is 55.5 Å². The van der Waals surface area contributed by atoms with Crippen LogP contribution in [-0.2, 0) is 0 Å². The molecular weight excluding hydrogens is 399 g/mol. The van der Waals surface area contributed by atoms with Crippen molar-refractivity contribution in [3.8, 4) is 0 Å². The van der Waals surface area contributed by atoms with Crippen LogP contribution in [0.3, 0.4) is 0 Å². The predicted molar refractivity (Wildman–Crippen MR) is 108 cm³/mol. The number of hydrogen-bond acceptors (Lipinski definition) is 4. The molecule has 1 N–H and O–H groups in total. The van der Waals surface area contributed by atoms with Crippen molar-refractivity contribution in [2.75, 3.05) is 39.8 Å². The summed E-state index contributed by atoms with van der Waals surface area (Å²) >= 11 is 0. The molecule has 0 spiro atoms. The van der Waals surface area contributed by atoms with Gasteiger partial charge in [0.05, 0.1) is 12.6 Å². The van der Waals surface area contributed by atoms with Crippen molar-refractivity contribution in [3.05, 3.63) is 35.9 Å². The number of nitrogens with zero attached hydrogens (tertiary/aromatic N) is 3. The summed E-state index contributed by atoms with van der Waals surface area (Å²) in [7, 11) is 2.11. The fraction of sp³-hybridized carbons (Fsp3) is 0.611. The molecule has 2 aliphatic rings. The molecule has 0 saturated carbocycles. The van der Waals surface area contributed by atoms with E-state index in [0.29, 0.717) is 6.04 Å². The highest BCUT2D eigenvalue weighted by Crippen LogP contribution is 2.26. The first-order valence-corrected chi connectivity index (χ1v) is 8.52. The first-order valence-electron chi connectivity index (χ1n) is 8.52. The molecule has 3 rings (SSSR count). The fourth-order valence-electron chi connectivity index (χ4n) is 3.38. The van der Waals surface area contributed by atoms with E-state index >= 15 is 0 Å². The lowest BCUT2D eigenvalue weighted by Gasteiger charge is -2.37. The van der Waals surface area contributed by atoms with E-state index in [0.717, 1.165) is 31.5 Å². The van der Waals surface area contributed by atoms with Gasteiger partial charge in [-0.2, -0.15) is 0 Å². The molecule has 23 heavy (non-hydrogen) atoms. The minimum Gasteiger partial charge on any atom is -0.354 e. The molecule has 4 nitrogen and oxygen atoms in total. The Morgan fingerprint density at radius 3 is 2.48 bits per heavy atom. The third kappa shape index (κ3) is 4.83. The number of likely N-dealkylation sites (N-methyl/N-ethyl adjacent to an activating group) is 1. The average molecular weight is 428 g/mol. The summed E-state index contributed by atoms with van der Waals surface area (Å²) in [6, 6.07) is 11.3. The van der Waals surface area contributed by atoms with Gasteiger partial charge in [-0.25, -0.2) is 0 Å². The lowest BCUT2D eigenvalue weighted by Crippen LogP contribution is -2.44. The quantitative estimate of drug-likeness (QED) is 0.749. The Morgan fingerprint density at radius 1 is 1.17 bits per heavy atom. The third-order valence-electron chi connectivity index (χ3n) is 4.96. The minimum absolute atomic E-state index is 0. The Bertz CT molecular complexity index is 497. The van der Waals surface area contributed by atoms with Gasteiger partial charge in [0.1, 0.15) is 0 Å². The molecule has 0 radical (unpaired) electrons. The second-order valence-electron chi connectivity index (χ2n) is 6.65. The molecule has 0 amide bonds. The lowest BCUT2D eigenvalue weighted by atomic mass is 9.95. The molecule has 1 aromatic carbocycles. The van der Waals surface area contributed by atoms with Crippen LogP contribution >= 0.6 is 24.0 Å². The highest BCUT2D eigenvalue weighted by atomic mass is 127. The van der Waals surface area contributed by atoms with E-state index in [-0.39, 0.29) is 24.0 Å². The first kappa shape index (κ1) is 18.5. The van der Waals surface area contributed by atoms with Crippen molar-refractivity contribution in [2.24, 2.45) is 10.9 Å². The smallest absolute Gasteiger partial charge is 0.193 e. The summed E-state index contributed by atoms with van der Waals surface area (Å²) in [6.45, 7) is 7.64. The Kier molecular flexibility index (Phi) is 7.14. The van der Waals surface area contributed by atoms with Crippen LogP contribution in [0.2, 0.25) is 0 Å². The van der Waals surface area contributed by atoms with E-state index in [1.165, 1.54) is 31.5 Å². The normalized spacial score (nSPS) is 20.8. The maximum atomic E-state index is 4.55. The second kappa shape index (κ2) is 8.87. The van der Waals surface area contributed by atoms with Gasteiger partial charge >= 0.3 is 0 Å². The number of halogens is 1. The Labute approximate surface area is 157 Å². The third-order valence-corrected chi connectivity index (χ3v) is 4.96. The van der Waals surface area contributed by atoms with Crippen LogP contribution in [0.25, 0.3) is 0 Å². The zero-order chi connectivity index (χ0) is 15.4. The molecule has 0 aliphatic carbocycles. The van der Waals surface area contributed by atoms with E-state index < -0.39 is 0 Å². The number of guanidine groups is 1. The molecule has 2 aliphatic heterocycles. The van der Waals surface area contributed by atoms with Crippen LogP contribution in [0.4, 0.5) is 0 Å². The molecule has 0 bridgehead atoms. The number of hydrogen-bond donors (Lipinski definition) is 1. The summed E-state index contributed by atoms with van der Waals surface area (Å²) in [4.78, 5) is 9.40. The van der Waals surface area contributed by atoms with Gasteiger partial charge in [-0.05, 0) is 37.4 Å². The number of rotatable bonds is 4. The largest absolute Gasteiger partial charge is 0.354 e. The van der Waals surface area contributed by atoms with Gasteiger partial charge in [-0.15, -0.1) is 24.0 Å². The zero-order valence-corrected chi connectivity index (χ0v) is 16.6. The van der Waals surface area contributed by atoms with Crippen molar-refractivity contribution in [1.82, 2.24) is 15.1 Å².